The Kier molecular flexibility index (Phi) is 15.1. The molecule has 0 saturated carbocycles. The fraction of sp³-hybridized carbons (Fsp3) is 0.700. The molecule has 0 aromatic heterocycles. The van der Waals surface area contributed by atoms with Crippen LogP contribution in [0.1, 0.15) is 40.0 Å². The second kappa shape index (κ2) is 11.8. The number of hydrogen-bond acceptors (Lipinski definition) is 0. The van der Waals surface area contributed by atoms with E-state index >= 15 is 0 Å². The molecule has 0 aliphatic rings. The molecule has 0 aliphatic carbocycles. The molecule has 0 aliphatic heterocycles. The zero-order valence-corrected chi connectivity index (χ0v) is 13.1. The van der Waals surface area contributed by atoms with E-state index in [1.54, 1.807) is 0 Å². The van der Waals surface area contributed by atoms with Crippen LogP contribution in [-0.2, 0) is 16.3 Å². The topological polar surface area (TPSA) is 0 Å². The van der Waals surface area contributed by atoms with Crippen LogP contribution in [0.25, 0.3) is 0 Å². The SMILES string of the molecule is [CH2-]C[C@H](C)CCC=C(C)C.[Zn+][Br]. The van der Waals surface area contributed by atoms with Crippen molar-refractivity contribution < 1.29 is 16.3 Å². The van der Waals surface area contributed by atoms with Crippen LogP contribution in [0, 0.1) is 12.8 Å². The first-order valence-electron chi connectivity index (χ1n) is 4.36. The van der Waals surface area contributed by atoms with Crippen LogP contribution in [-0.4, -0.2) is 0 Å². The van der Waals surface area contributed by atoms with Gasteiger partial charge in [-0.05, 0) is 26.7 Å². The van der Waals surface area contributed by atoms with Crippen LogP contribution in [0.4, 0.5) is 0 Å². The minimum atomic E-state index is 0.788. The standard InChI is InChI=1S/C10H19.BrH.Zn/c1-5-10(4)8-6-7-9(2)3;;/h7,10H,1,5-6,8H2,2-4H3;1H;/q-1;;+2/p-1/t10-;;/m0../s1. The molecule has 0 rings (SSSR count). The van der Waals surface area contributed by atoms with Gasteiger partial charge in [-0.1, -0.05) is 24.5 Å². The van der Waals surface area contributed by atoms with Crippen molar-refractivity contribution in [1.82, 2.24) is 0 Å². The summed E-state index contributed by atoms with van der Waals surface area (Å²) in [6, 6.07) is 0. The van der Waals surface area contributed by atoms with Crippen LogP contribution in [0.2, 0.25) is 0 Å². The third-order valence-electron chi connectivity index (χ3n) is 1.70. The molecule has 2 heteroatoms. The Labute approximate surface area is 94.2 Å². The molecule has 0 aromatic carbocycles. The molecule has 0 heterocycles. The van der Waals surface area contributed by atoms with Crippen molar-refractivity contribution >= 4 is 13.6 Å². The van der Waals surface area contributed by atoms with Crippen molar-refractivity contribution in [2.45, 2.75) is 40.0 Å². The predicted molar refractivity (Wildman–Crippen MR) is 56.7 cm³/mol. The van der Waals surface area contributed by atoms with E-state index < -0.39 is 0 Å². The molecule has 0 bridgehead atoms. The fourth-order valence-corrected chi connectivity index (χ4v) is 0.801. The van der Waals surface area contributed by atoms with Gasteiger partial charge in [0.25, 0.3) is 0 Å². The summed E-state index contributed by atoms with van der Waals surface area (Å²) in [6.07, 6.45) is 5.87. The first-order valence-corrected chi connectivity index (χ1v) is 11.3. The Morgan fingerprint density at radius 1 is 1.50 bits per heavy atom. The van der Waals surface area contributed by atoms with Gasteiger partial charge in [-0.3, -0.25) is 0 Å². The van der Waals surface area contributed by atoms with Gasteiger partial charge in [0.15, 0.2) is 0 Å². The summed E-state index contributed by atoms with van der Waals surface area (Å²) in [6.45, 7) is 10.4. The van der Waals surface area contributed by atoms with Crippen molar-refractivity contribution in [1.29, 1.82) is 0 Å². The average Bonchev–Trinajstić information content (AvgIpc) is 2.07. The molecule has 0 nitrogen and oxygen atoms in total. The molecule has 0 amide bonds. The van der Waals surface area contributed by atoms with Gasteiger partial charge < -0.3 is 6.92 Å². The van der Waals surface area contributed by atoms with Gasteiger partial charge in [0.2, 0.25) is 0 Å². The van der Waals surface area contributed by atoms with E-state index in [1.807, 2.05) is 0 Å². The van der Waals surface area contributed by atoms with E-state index in [2.05, 4.69) is 47.4 Å². The van der Waals surface area contributed by atoms with Crippen molar-refractivity contribution in [3.8, 4) is 0 Å². The molecule has 68 valence electrons. The van der Waals surface area contributed by atoms with E-state index in [0.717, 1.165) is 12.3 Å². The van der Waals surface area contributed by atoms with Crippen LogP contribution in [0.15, 0.2) is 11.6 Å². The summed E-state index contributed by atoms with van der Waals surface area (Å²) in [4.78, 5) is 0. The Hall–Kier alpha value is 0.843. The van der Waals surface area contributed by atoms with Gasteiger partial charge in [0.1, 0.15) is 0 Å². The Morgan fingerprint density at radius 3 is 2.33 bits per heavy atom. The number of allylic oxidation sites excluding steroid dienone is 2. The Balaban J connectivity index is 0. The van der Waals surface area contributed by atoms with Crippen molar-refractivity contribution in [2.24, 2.45) is 5.92 Å². The van der Waals surface area contributed by atoms with Crippen LogP contribution in [0.5, 0.6) is 0 Å². The monoisotopic (exact) mass is 282 g/mol. The molecule has 12 heavy (non-hydrogen) atoms. The van der Waals surface area contributed by atoms with Crippen LogP contribution in [0.3, 0.4) is 0 Å². The molecule has 0 saturated heterocycles. The molecule has 0 radical (unpaired) electrons. The predicted octanol–water partition coefficient (Wildman–Crippen LogP) is 4.44. The van der Waals surface area contributed by atoms with Gasteiger partial charge >= 0.3 is 30.0 Å². The van der Waals surface area contributed by atoms with Crippen molar-refractivity contribution in [2.75, 3.05) is 0 Å². The van der Waals surface area contributed by atoms with E-state index in [0.29, 0.717) is 0 Å². The second-order valence-electron chi connectivity index (χ2n) is 3.25. The molecule has 0 spiro atoms. The summed E-state index contributed by atoms with van der Waals surface area (Å²) >= 11 is 4.25. The summed E-state index contributed by atoms with van der Waals surface area (Å²) in [5.41, 5.74) is 1.43. The number of hydrogen-bond donors (Lipinski definition) is 0. The van der Waals surface area contributed by atoms with Gasteiger partial charge in [-0.2, -0.15) is 6.42 Å². The normalized spacial score (nSPS) is 11.2. The van der Waals surface area contributed by atoms with Gasteiger partial charge in [-0.15, -0.1) is 0 Å². The molecule has 0 aromatic rings. The molecular weight excluding hydrogens is 265 g/mol. The van der Waals surface area contributed by atoms with Crippen LogP contribution >= 0.6 is 13.6 Å². The second-order valence-corrected chi connectivity index (χ2v) is 3.25. The zero-order chi connectivity index (χ0) is 9.98. The third-order valence-corrected chi connectivity index (χ3v) is 1.70. The van der Waals surface area contributed by atoms with Gasteiger partial charge in [-0.25, -0.2) is 0 Å². The van der Waals surface area contributed by atoms with Crippen molar-refractivity contribution in [3.05, 3.63) is 18.6 Å². The minimum absolute atomic E-state index is 0.788. The van der Waals surface area contributed by atoms with E-state index in [1.165, 1.54) is 34.8 Å². The van der Waals surface area contributed by atoms with Gasteiger partial charge in [0.05, 0.1) is 0 Å². The Bertz CT molecular complexity index is 106. The molecule has 0 unspecified atom stereocenters. The number of rotatable bonds is 4. The third kappa shape index (κ3) is 13.4. The van der Waals surface area contributed by atoms with Gasteiger partial charge in [0, 0.05) is 0 Å². The number of halogens is 1. The summed E-state index contributed by atoms with van der Waals surface area (Å²) in [5.74, 6) is 0.788. The molecular formula is C10H19BrZn. The van der Waals surface area contributed by atoms with Crippen LogP contribution < -0.4 is 0 Å². The summed E-state index contributed by atoms with van der Waals surface area (Å²) in [5, 5.41) is 0. The maximum atomic E-state index is 3.86. The van der Waals surface area contributed by atoms with E-state index in [9.17, 15) is 0 Å². The molecule has 1 atom stereocenters. The van der Waals surface area contributed by atoms with E-state index in [4.69, 9.17) is 0 Å². The molecule has 0 N–H and O–H groups in total. The van der Waals surface area contributed by atoms with E-state index in [-0.39, 0.29) is 0 Å². The first kappa shape index (κ1) is 15.3. The summed E-state index contributed by atoms with van der Waals surface area (Å²) < 4.78 is 0. The molecule has 0 fully saturated rings. The van der Waals surface area contributed by atoms with Crippen molar-refractivity contribution in [3.63, 3.8) is 0 Å². The first-order chi connectivity index (χ1) is 5.66. The fourth-order valence-electron chi connectivity index (χ4n) is 0.801. The summed E-state index contributed by atoms with van der Waals surface area (Å²) in [7, 11) is 0. The zero-order valence-electron chi connectivity index (χ0n) is 8.57. The Morgan fingerprint density at radius 2 is 2.00 bits per heavy atom. The maximum absolute atomic E-state index is 3.86. The quantitative estimate of drug-likeness (QED) is 0.407. The average molecular weight is 285 g/mol.